The summed E-state index contributed by atoms with van der Waals surface area (Å²) in [4.78, 5) is 0. The van der Waals surface area contributed by atoms with E-state index in [4.69, 9.17) is 0 Å². The minimum atomic E-state index is 0.300. The Labute approximate surface area is 103 Å². The Kier molecular flexibility index (Phi) is 3.47. The zero-order valence-electron chi connectivity index (χ0n) is 8.65. The molecule has 2 nitrogen and oxygen atoms in total. The number of aromatic hydroxyl groups is 1. The average Bonchev–Trinajstić information content (AvgIpc) is 2.27. The summed E-state index contributed by atoms with van der Waals surface area (Å²) < 4.78 is 1.05. The van der Waals surface area contributed by atoms with Gasteiger partial charge in [0.15, 0.2) is 0 Å². The van der Waals surface area contributed by atoms with Gasteiger partial charge >= 0.3 is 0 Å². The van der Waals surface area contributed by atoms with Gasteiger partial charge in [-0.05, 0) is 35.9 Å². The fourth-order valence-electron chi connectivity index (χ4n) is 1.47. The lowest BCUT2D eigenvalue weighted by atomic mass is 10.2. The van der Waals surface area contributed by atoms with E-state index in [0.29, 0.717) is 12.3 Å². The molecule has 0 unspecified atom stereocenters. The van der Waals surface area contributed by atoms with Crippen molar-refractivity contribution >= 4 is 21.6 Å². The van der Waals surface area contributed by atoms with Gasteiger partial charge in [0.25, 0.3) is 0 Å². The lowest BCUT2D eigenvalue weighted by Crippen LogP contribution is -1.98. The van der Waals surface area contributed by atoms with Crippen LogP contribution in [0.15, 0.2) is 53.0 Å². The Morgan fingerprint density at radius 2 is 1.88 bits per heavy atom. The average molecular weight is 278 g/mol. The summed E-state index contributed by atoms with van der Waals surface area (Å²) in [6, 6.07) is 15.2. The number of phenolic OH excluding ortho intramolecular Hbond substituents is 1. The molecule has 0 aliphatic carbocycles. The van der Waals surface area contributed by atoms with Crippen molar-refractivity contribution in [2.75, 3.05) is 5.32 Å². The fraction of sp³-hybridized carbons (Fsp3) is 0.0769. The number of benzene rings is 2. The van der Waals surface area contributed by atoms with Crippen LogP contribution in [-0.2, 0) is 6.54 Å². The minimum absolute atomic E-state index is 0.300. The van der Waals surface area contributed by atoms with Gasteiger partial charge in [-0.15, -0.1) is 0 Å². The molecule has 0 aliphatic rings. The molecule has 2 aromatic rings. The minimum Gasteiger partial charge on any atom is -0.508 e. The van der Waals surface area contributed by atoms with E-state index in [9.17, 15) is 5.11 Å². The highest BCUT2D eigenvalue weighted by Crippen LogP contribution is 2.17. The van der Waals surface area contributed by atoms with Crippen molar-refractivity contribution in [1.29, 1.82) is 0 Å². The van der Waals surface area contributed by atoms with Crippen molar-refractivity contribution in [3.63, 3.8) is 0 Å². The molecule has 0 aliphatic heterocycles. The van der Waals surface area contributed by atoms with Gasteiger partial charge in [-0.25, -0.2) is 0 Å². The number of anilines is 1. The Morgan fingerprint density at radius 3 is 2.62 bits per heavy atom. The van der Waals surface area contributed by atoms with Crippen LogP contribution in [-0.4, -0.2) is 5.11 Å². The van der Waals surface area contributed by atoms with Crippen LogP contribution in [0.1, 0.15) is 5.56 Å². The number of nitrogens with one attached hydrogen (secondary N) is 1. The number of hydrogen-bond donors (Lipinski definition) is 2. The number of rotatable bonds is 3. The zero-order chi connectivity index (χ0) is 11.4. The van der Waals surface area contributed by atoms with Crippen LogP contribution in [0, 0.1) is 0 Å². The van der Waals surface area contributed by atoms with Crippen LogP contribution in [0.5, 0.6) is 5.75 Å². The largest absolute Gasteiger partial charge is 0.508 e. The summed E-state index contributed by atoms with van der Waals surface area (Å²) in [5.74, 6) is 0.300. The van der Waals surface area contributed by atoms with E-state index >= 15 is 0 Å². The number of hydrogen-bond acceptors (Lipinski definition) is 2. The smallest absolute Gasteiger partial charge is 0.115 e. The van der Waals surface area contributed by atoms with E-state index in [0.717, 1.165) is 15.7 Å². The van der Waals surface area contributed by atoms with Crippen molar-refractivity contribution in [2.24, 2.45) is 0 Å². The topological polar surface area (TPSA) is 32.3 Å². The van der Waals surface area contributed by atoms with Gasteiger partial charge in [0.05, 0.1) is 0 Å². The molecule has 3 heteroatoms. The van der Waals surface area contributed by atoms with E-state index in [2.05, 4.69) is 21.2 Å². The van der Waals surface area contributed by atoms with Crippen molar-refractivity contribution in [1.82, 2.24) is 0 Å². The first kappa shape index (κ1) is 11.0. The molecule has 2 N–H and O–H groups in total. The molecule has 0 aromatic heterocycles. The quantitative estimate of drug-likeness (QED) is 0.895. The molecule has 2 rings (SSSR count). The SMILES string of the molecule is Oc1cccc(CNc2cccc(Br)c2)c1. The van der Waals surface area contributed by atoms with Crippen LogP contribution in [0.2, 0.25) is 0 Å². The van der Waals surface area contributed by atoms with Crippen molar-refractivity contribution in [3.8, 4) is 5.75 Å². The zero-order valence-corrected chi connectivity index (χ0v) is 10.2. The molecule has 0 fully saturated rings. The van der Waals surface area contributed by atoms with Crippen LogP contribution < -0.4 is 5.32 Å². The van der Waals surface area contributed by atoms with E-state index in [1.54, 1.807) is 12.1 Å². The Balaban J connectivity index is 2.02. The predicted molar refractivity (Wildman–Crippen MR) is 69.6 cm³/mol. The van der Waals surface area contributed by atoms with E-state index in [-0.39, 0.29) is 0 Å². The highest BCUT2D eigenvalue weighted by atomic mass is 79.9. The molecule has 0 heterocycles. The Bertz CT molecular complexity index is 439. The maximum atomic E-state index is 9.32. The van der Waals surface area contributed by atoms with E-state index < -0.39 is 0 Å². The molecule has 0 amide bonds. The molecule has 2 aromatic carbocycles. The van der Waals surface area contributed by atoms with Crippen molar-refractivity contribution < 1.29 is 5.11 Å². The summed E-state index contributed by atoms with van der Waals surface area (Å²) in [5, 5.41) is 12.6. The van der Waals surface area contributed by atoms with Gasteiger partial charge in [-0.3, -0.25) is 0 Å². The molecule has 0 saturated carbocycles. The van der Waals surface area contributed by atoms with E-state index in [1.807, 2.05) is 36.4 Å². The number of halogens is 1. The third-order valence-corrected chi connectivity index (χ3v) is 2.73. The summed E-state index contributed by atoms with van der Waals surface area (Å²) in [6.07, 6.45) is 0. The monoisotopic (exact) mass is 277 g/mol. The van der Waals surface area contributed by atoms with E-state index in [1.165, 1.54) is 0 Å². The lowest BCUT2D eigenvalue weighted by Gasteiger charge is -2.07. The molecule has 0 bridgehead atoms. The van der Waals surface area contributed by atoms with Crippen LogP contribution >= 0.6 is 15.9 Å². The van der Waals surface area contributed by atoms with Gasteiger partial charge in [-0.2, -0.15) is 0 Å². The second kappa shape index (κ2) is 5.03. The summed E-state index contributed by atoms with van der Waals surface area (Å²) >= 11 is 3.42. The highest BCUT2D eigenvalue weighted by Gasteiger charge is 1.96. The van der Waals surface area contributed by atoms with Crippen LogP contribution in [0.4, 0.5) is 5.69 Å². The summed E-state index contributed by atoms with van der Waals surface area (Å²) in [6.45, 7) is 0.699. The Morgan fingerprint density at radius 1 is 1.06 bits per heavy atom. The second-order valence-corrected chi connectivity index (χ2v) is 4.45. The Hall–Kier alpha value is -1.48. The fourth-order valence-corrected chi connectivity index (χ4v) is 1.87. The molecule has 16 heavy (non-hydrogen) atoms. The lowest BCUT2D eigenvalue weighted by molar-refractivity contribution is 0.474. The van der Waals surface area contributed by atoms with Gasteiger partial charge in [0.1, 0.15) is 5.75 Å². The van der Waals surface area contributed by atoms with Gasteiger partial charge < -0.3 is 10.4 Å². The molecule has 0 spiro atoms. The van der Waals surface area contributed by atoms with Gasteiger partial charge in [0.2, 0.25) is 0 Å². The number of phenols is 1. The van der Waals surface area contributed by atoms with Crippen LogP contribution in [0.25, 0.3) is 0 Å². The second-order valence-electron chi connectivity index (χ2n) is 3.53. The predicted octanol–water partition coefficient (Wildman–Crippen LogP) is 3.77. The molecular formula is C13H12BrNO. The van der Waals surface area contributed by atoms with Crippen molar-refractivity contribution in [2.45, 2.75) is 6.54 Å². The van der Waals surface area contributed by atoms with Gasteiger partial charge in [-0.1, -0.05) is 34.1 Å². The summed E-state index contributed by atoms with van der Waals surface area (Å²) in [7, 11) is 0. The third-order valence-electron chi connectivity index (χ3n) is 2.23. The van der Waals surface area contributed by atoms with Crippen molar-refractivity contribution in [3.05, 3.63) is 58.6 Å². The maximum Gasteiger partial charge on any atom is 0.115 e. The van der Waals surface area contributed by atoms with Crippen LogP contribution in [0.3, 0.4) is 0 Å². The molecule has 82 valence electrons. The normalized spacial score (nSPS) is 10.1. The molecule has 0 atom stereocenters. The highest BCUT2D eigenvalue weighted by molar-refractivity contribution is 9.10. The first-order valence-corrected chi connectivity index (χ1v) is 5.81. The molecule has 0 saturated heterocycles. The van der Waals surface area contributed by atoms with Gasteiger partial charge in [0, 0.05) is 16.7 Å². The summed E-state index contributed by atoms with van der Waals surface area (Å²) in [5.41, 5.74) is 2.11. The standard InChI is InChI=1S/C13H12BrNO/c14-11-4-2-5-12(8-11)15-9-10-3-1-6-13(16)7-10/h1-8,15-16H,9H2. The molecule has 0 radical (unpaired) electrons. The first-order valence-electron chi connectivity index (χ1n) is 5.01. The molecular weight excluding hydrogens is 266 g/mol. The first-order chi connectivity index (χ1) is 7.74. The maximum absolute atomic E-state index is 9.32. The third kappa shape index (κ3) is 3.00.